The Morgan fingerprint density at radius 1 is 1.25 bits per heavy atom. The lowest BCUT2D eigenvalue weighted by molar-refractivity contribution is 0.0767. The monoisotopic (exact) mass is 411 g/mol. The summed E-state index contributed by atoms with van der Waals surface area (Å²) in [6.45, 7) is 4.29. The predicted molar refractivity (Wildman–Crippen MR) is 103 cm³/mol. The first-order chi connectivity index (χ1) is 10.9. The largest absolute Gasteiger partial charge is 0.340 e. The Morgan fingerprint density at radius 3 is 2.50 bits per heavy atom. The Kier molecular flexibility index (Phi) is 5.78. The number of aromatic nitrogens is 1. The third kappa shape index (κ3) is 3.53. The Morgan fingerprint density at radius 2 is 1.92 bits per heavy atom. The van der Waals surface area contributed by atoms with E-state index in [1.54, 1.807) is 0 Å². The molecule has 1 unspecified atom stereocenters. The molecule has 1 aromatic carbocycles. The van der Waals surface area contributed by atoms with Crippen LogP contribution in [0.4, 0.5) is 0 Å². The van der Waals surface area contributed by atoms with Gasteiger partial charge in [0, 0.05) is 30.3 Å². The van der Waals surface area contributed by atoms with Gasteiger partial charge in [0.15, 0.2) is 0 Å². The van der Waals surface area contributed by atoms with Crippen molar-refractivity contribution in [3.63, 3.8) is 0 Å². The fraction of sp³-hybridized carbons (Fsp3) is 0.389. The van der Waals surface area contributed by atoms with Crippen molar-refractivity contribution in [3.05, 3.63) is 46.6 Å². The molecule has 3 rings (SSSR count). The van der Waals surface area contributed by atoms with E-state index in [0.717, 1.165) is 40.9 Å². The van der Waals surface area contributed by atoms with E-state index in [1.165, 1.54) is 0 Å². The summed E-state index contributed by atoms with van der Waals surface area (Å²) in [5.41, 5.74) is 8.76. The van der Waals surface area contributed by atoms with Crippen LogP contribution in [0.2, 0.25) is 0 Å². The summed E-state index contributed by atoms with van der Waals surface area (Å²) >= 11 is 3.45. The van der Waals surface area contributed by atoms with Crippen LogP contribution in [0.1, 0.15) is 23.8 Å². The molecular formula is C18H23BrClN3O. The average Bonchev–Trinajstić information content (AvgIpc) is 3.12. The molecule has 130 valence electrons. The van der Waals surface area contributed by atoms with Crippen molar-refractivity contribution in [1.29, 1.82) is 0 Å². The number of amides is 1. The lowest BCUT2D eigenvalue weighted by Crippen LogP contribution is -2.35. The maximum Gasteiger partial charge on any atom is 0.270 e. The van der Waals surface area contributed by atoms with E-state index in [4.69, 9.17) is 5.73 Å². The Hall–Kier alpha value is -1.30. The number of hydrogen-bond acceptors (Lipinski definition) is 2. The smallest absolute Gasteiger partial charge is 0.270 e. The van der Waals surface area contributed by atoms with Crippen LogP contribution in [-0.4, -0.2) is 35.0 Å². The number of nitrogens with two attached hydrogens (primary N) is 1. The summed E-state index contributed by atoms with van der Waals surface area (Å²) in [5, 5.41) is 0. The molecule has 0 aliphatic carbocycles. The molecule has 0 saturated carbocycles. The van der Waals surface area contributed by atoms with E-state index in [0.29, 0.717) is 6.54 Å². The van der Waals surface area contributed by atoms with Crippen LogP contribution < -0.4 is 5.73 Å². The minimum atomic E-state index is 0. The number of carbonyl (C=O) groups is 1. The zero-order valence-electron chi connectivity index (χ0n) is 14.0. The molecule has 0 radical (unpaired) electrons. The molecule has 24 heavy (non-hydrogen) atoms. The number of halogens is 2. The maximum atomic E-state index is 12.8. The molecular weight excluding hydrogens is 390 g/mol. The summed E-state index contributed by atoms with van der Waals surface area (Å²) in [6, 6.07) is 12.0. The van der Waals surface area contributed by atoms with Gasteiger partial charge in [0.2, 0.25) is 0 Å². The molecule has 6 heteroatoms. The van der Waals surface area contributed by atoms with Gasteiger partial charge in [0.1, 0.15) is 5.69 Å². The van der Waals surface area contributed by atoms with Crippen LogP contribution in [0, 0.1) is 5.41 Å². The number of rotatable bonds is 3. The van der Waals surface area contributed by atoms with Gasteiger partial charge < -0.3 is 15.2 Å². The van der Waals surface area contributed by atoms with Gasteiger partial charge in [0.05, 0.1) is 0 Å². The highest BCUT2D eigenvalue weighted by molar-refractivity contribution is 9.10. The number of hydrogen-bond donors (Lipinski definition) is 1. The molecule has 0 spiro atoms. The lowest BCUT2D eigenvalue weighted by atomic mass is 9.90. The molecule has 1 saturated heterocycles. The Balaban J connectivity index is 0.00000208. The minimum absolute atomic E-state index is 0. The second-order valence-corrected chi connectivity index (χ2v) is 7.58. The van der Waals surface area contributed by atoms with Crippen molar-refractivity contribution in [2.75, 3.05) is 19.6 Å². The van der Waals surface area contributed by atoms with Gasteiger partial charge in [-0.3, -0.25) is 4.79 Å². The van der Waals surface area contributed by atoms with Gasteiger partial charge in [0.25, 0.3) is 5.91 Å². The molecule has 2 aromatic rings. The second-order valence-electron chi connectivity index (χ2n) is 6.66. The van der Waals surface area contributed by atoms with Gasteiger partial charge in [-0.25, -0.2) is 0 Å². The standard InChI is InChI=1S/C18H22BrN3O.ClH/c1-18(11-20)9-10-22(12-18)17(23)16-8-7-15(21(16)2)13-3-5-14(19)6-4-13;/h3-8H,9-12,20H2,1-2H3;1H. The summed E-state index contributed by atoms with van der Waals surface area (Å²) in [5.74, 6) is 0.0908. The second kappa shape index (κ2) is 7.30. The average molecular weight is 413 g/mol. The minimum Gasteiger partial charge on any atom is -0.340 e. The molecule has 1 aliphatic heterocycles. The molecule has 2 N–H and O–H groups in total. The first-order valence-corrected chi connectivity index (χ1v) is 8.64. The van der Waals surface area contributed by atoms with Crippen LogP contribution >= 0.6 is 28.3 Å². The van der Waals surface area contributed by atoms with Gasteiger partial charge in [-0.1, -0.05) is 35.0 Å². The van der Waals surface area contributed by atoms with Crippen LogP contribution in [-0.2, 0) is 7.05 Å². The Labute approximate surface area is 157 Å². The van der Waals surface area contributed by atoms with Crippen molar-refractivity contribution >= 4 is 34.2 Å². The number of benzene rings is 1. The van der Waals surface area contributed by atoms with E-state index in [9.17, 15) is 4.79 Å². The molecule has 0 bridgehead atoms. The number of nitrogens with zero attached hydrogens (tertiary/aromatic N) is 2. The fourth-order valence-corrected chi connectivity index (χ4v) is 3.43. The van der Waals surface area contributed by atoms with Crippen LogP contribution in [0.3, 0.4) is 0 Å². The van der Waals surface area contributed by atoms with Crippen molar-refractivity contribution in [3.8, 4) is 11.3 Å². The highest BCUT2D eigenvalue weighted by Gasteiger charge is 2.35. The topological polar surface area (TPSA) is 51.3 Å². The van der Waals surface area contributed by atoms with Gasteiger partial charge >= 0.3 is 0 Å². The predicted octanol–water partition coefficient (Wildman–Crippen LogP) is 3.69. The fourth-order valence-electron chi connectivity index (χ4n) is 3.16. The van der Waals surface area contributed by atoms with Crippen LogP contribution in [0.25, 0.3) is 11.3 Å². The van der Waals surface area contributed by atoms with Gasteiger partial charge in [-0.05, 0) is 48.2 Å². The number of carbonyl (C=O) groups excluding carboxylic acids is 1. The molecule has 1 aromatic heterocycles. The van der Waals surface area contributed by atoms with Crippen molar-refractivity contribution < 1.29 is 4.79 Å². The van der Waals surface area contributed by atoms with E-state index < -0.39 is 0 Å². The normalized spacial score (nSPS) is 20.1. The van der Waals surface area contributed by atoms with Gasteiger partial charge in [-0.15, -0.1) is 12.4 Å². The summed E-state index contributed by atoms with van der Waals surface area (Å²) in [6.07, 6.45) is 0.971. The zero-order valence-corrected chi connectivity index (χ0v) is 16.4. The first-order valence-electron chi connectivity index (χ1n) is 7.84. The van der Waals surface area contributed by atoms with Crippen LogP contribution in [0.15, 0.2) is 40.9 Å². The van der Waals surface area contributed by atoms with Crippen molar-refractivity contribution in [1.82, 2.24) is 9.47 Å². The quantitative estimate of drug-likeness (QED) is 0.836. The lowest BCUT2D eigenvalue weighted by Gasteiger charge is -2.22. The third-order valence-electron chi connectivity index (χ3n) is 4.82. The van der Waals surface area contributed by atoms with Gasteiger partial charge in [-0.2, -0.15) is 0 Å². The SMILES string of the molecule is Cl.Cn1c(C(=O)N2CCC(C)(CN)C2)ccc1-c1ccc(Br)cc1. The molecule has 1 atom stereocenters. The zero-order chi connectivity index (χ0) is 16.6. The third-order valence-corrected chi connectivity index (χ3v) is 5.35. The highest BCUT2D eigenvalue weighted by Crippen LogP contribution is 2.30. The van der Waals surface area contributed by atoms with Crippen molar-refractivity contribution in [2.24, 2.45) is 18.2 Å². The van der Waals surface area contributed by atoms with Crippen molar-refractivity contribution in [2.45, 2.75) is 13.3 Å². The van der Waals surface area contributed by atoms with E-state index >= 15 is 0 Å². The van der Waals surface area contributed by atoms with E-state index in [2.05, 4.69) is 35.0 Å². The molecule has 1 amide bonds. The van der Waals surface area contributed by atoms with Crippen LogP contribution in [0.5, 0.6) is 0 Å². The molecule has 4 nitrogen and oxygen atoms in total. The Bertz CT molecular complexity index is 728. The number of likely N-dealkylation sites (tertiary alicyclic amines) is 1. The highest BCUT2D eigenvalue weighted by atomic mass is 79.9. The maximum absolute atomic E-state index is 12.8. The van der Waals surface area contributed by atoms with E-state index in [1.807, 2.05) is 40.8 Å². The summed E-state index contributed by atoms with van der Waals surface area (Å²) in [4.78, 5) is 14.8. The summed E-state index contributed by atoms with van der Waals surface area (Å²) < 4.78 is 3.02. The first kappa shape index (κ1) is 19.0. The molecule has 1 fully saturated rings. The van der Waals surface area contributed by atoms with E-state index in [-0.39, 0.29) is 23.7 Å². The molecule has 2 heterocycles. The summed E-state index contributed by atoms with van der Waals surface area (Å²) in [7, 11) is 1.95. The molecule has 1 aliphatic rings.